The largest absolute Gasteiger partial charge is 0.298 e. The molecule has 1 saturated heterocycles. The highest BCUT2D eigenvalue weighted by Crippen LogP contribution is 2.40. The zero-order valence-electron chi connectivity index (χ0n) is 15.1. The van der Waals surface area contributed by atoms with E-state index in [1.807, 2.05) is 0 Å². The molecule has 1 heterocycles. The van der Waals surface area contributed by atoms with Gasteiger partial charge < -0.3 is 0 Å². The first kappa shape index (κ1) is 17.1. The quantitative estimate of drug-likeness (QED) is 0.691. The van der Waals surface area contributed by atoms with Crippen molar-refractivity contribution in [2.75, 3.05) is 13.1 Å². The van der Waals surface area contributed by atoms with E-state index in [9.17, 15) is 0 Å². The Morgan fingerprint density at radius 3 is 2.71 bits per heavy atom. The monoisotopic (exact) mass is 319 g/mol. The number of benzene rings is 1. The van der Waals surface area contributed by atoms with Crippen LogP contribution in [0.1, 0.15) is 50.7 Å². The third-order valence-electron chi connectivity index (χ3n) is 5.71. The fraction of sp³-hybridized carbons (Fsp3) is 0.478. The Labute approximate surface area is 147 Å². The maximum atomic E-state index is 5.45. The van der Waals surface area contributed by atoms with Gasteiger partial charge in [0.1, 0.15) is 0 Å². The SMILES string of the molecule is C#Cc1ccc(CN2CCCC(C)(C3=CCC(CC)C=C3)C2)cc1. The molecule has 0 radical (unpaired) electrons. The van der Waals surface area contributed by atoms with Crippen molar-refractivity contribution in [2.24, 2.45) is 11.3 Å². The van der Waals surface area contributed by atoms with Crippen molar-refractivity contribution in [1.29, 1.82) is 0 Å². The molecule has 1 aliphatic heterocycles. The second kappa shape index (κ2) is 7.41. The minimum absolute atomic E-state index is 0.298. The van der Waals surface area contributed by atoms with Crippen LogP contribution in [-0.4, -0.2) is 18.0 Å². The number of piperidine rings is 1. The highest BCUT2D eigenvalue weighted by Gasteiger charge is 2.34. The lowest BCUT2D eigenvalue weighted by Gasteiger charge is -2.42. The number of terminal acetylenes is 1. The predicted octanol–water partition coefficient (Wildman–Crippen LogP) is 5.18. The summed E-state index contributed by atoms with van der Waals surface area (Å²) in [6.07, 6.45) is 17.8. The fourth-order valence-corrected chi connectivity index (χ4v) is 4.09. The van der Waals surface area contributed by atoms with Gasteiger partial charge in [0.05, 0.1) is 0 Å². The van der Waals surface area contributed by atoms with E-state index in [-0.39, 0.29) is 0 Å². The molecule has 1 aromatic carbocycles. The first-order chi connectivity index (χ1) is 11.6. The van der Waals surface area contributed by atoms with Gasteiger partial charge in [0.25, 0.3) is 0 Å². The minimum Gasteiger partial charge on any atom is -0.298 e. The molecular formula is C23H29N. The van der Waals surface area contributed by atoms with Crippen LogP contribution in [0.2, 0.25) is 0 Å². The van der Waals surface area contributed by atoms with E-state index >= 15 is 0 Å². The highest BCUT2D eigenvalue weighted by molar-refractivity contribution is 5.34. The van der Waals surface area contributed by atoms with Gasteiger partial charge in [0, 0.05) is 24.1 Å². The van der Waals surface area contributed by atoms with E-state index < -0.39 is 0 Å². The molecule has 0 aromatic heterocycles. The molecule has 0 saturated carbocycles. The lowest BCUT2D eigenvalue weighted by atomic mass is 9.73. The number of hydrogen-bond donors (Lipinski definition) is 0. The molecule has 0 amide bonds. The van der Waals surface area contributed by atoms with Gasteiger partial charge in [0.15, 0.2) is 0 Å². The van der Waals surface area contributed by atoms with Crippen LogP contribution >= 0.6 is 0 Å². The lowest BCUT2D eigenvalue weighted by Crippen LogP contribution is -2.42. The number of likely N-dealkylation sites (tertiary alicyclic amines) is 1. The van der Waals surface area contributed by atoms with Gasteiger partial charge in [-0.3, -0.25) is 4.90 Å². The Bertz CT molecular complexity index is 658. The van der Waals surface area contributed by atoms with Crippen LogP contribution in [0.25, 0.3) is 0 Å². The average molecular weight is 319 g/mol. The van der Waals surface area contributed by atoms with Gasteiger partial charge in [-0.05, 0) is 61.4 Å². The maximum Gasteiger partial charge on any atom is 0.0242 e. The van der Waals surface area contributed by atoms with Crippen molar-refractivity contribution < 1.29 is 0 Å². The van der Waals surface area contributed by atoms with Crippen LogP contribution in [0.3, 0.4) is 0 Å². The molecule has 1 heteroatoms. The van der Waals surface area contributed by atoms with E-state index in [1.165, 1.54) is 37.8 Å². The normalized spacial score (nSPS) is 27.5. The minimum atomic E-state index is 0.298. The molecule has 1 aromatic rings. The third-order valence-corrected chi connectivity index (χ3v) is 5.71. The van der Waals surface area contributed by atoms with Crippen LogP contribution in [0, 0.1) is 23.7 Å². The summed E-state index contributed by atoms with van der Waals surface area (Å²) >= 11 is 0. The number of nitrogens with zero attached hydrogens (tertiary/aromatic N) is 1. The van der Waals surface area contributed by atoms with Crippen LogP contribution in [0.5, 0.6) is 0 Å². The smallest absolute Gasteiger partial charge is 0.0242 e. The summed E-state index contributed by atoms with van der Waals surface area (Å²) in [5.41, 5.74) is 4.17. The van der Waals surface area contributed by atoms with Gasteiger partial charge in [-0.1, -0.05) is 50.1 Å². The average Bonchev–Trinajstić information content (AvgIpc) is 2.62. The Morgan fingerprint density at radius 2 is 2.08 bits per heavy atom. The molecule has 2 unspecified atom stereocenters. The lowest BCUT2D eigenvalue weighted by molar-refractivity contribution is 0.125. The molecule has 1 fully saturated rings. The Morgan fingerprint density at radius 1 is 1.29 bits per heavy atom. The summed E-state index contributed by atoms with van der Waals surface area (Å²) in [6.45, 7) is 8.10. The standard InChI is InChI=1S/C23H29N/c1-4-19-7-9-21(10-8-19)17-24-16-6-15-23(3,18-24)22-13-11-20(5-2)12-14-22/h1,7-11,13-14,20H,5-6,12,15-18H2,2-3H3. The van der Waals surface area contributed by atoms with E-state index in [0.717, 1.165) is 24.6 Å². The number of allylic oxidation sites excluding steroid dienone is 3. The third kappa shape index (κ3) is 3.82. The van der Waals surface area contributed by atoms with Gasteiger partial charge in [0.2, 0.25) is 0 Å². The van der Waals surface area contributed by atoms with Crippen LogP contribution in [-0.2, 0) is 6.54 Å². The predicted molar refractivity (Wildman–Crippen MR) is 103 cm³/mol. The highest BCUT2D eigenvalue weighted by atomic mass is 15.1. The van der Waals surface area contributed by atoms with Crippen molar-refractivity contribution in [3.05, 3.63) is 59.2 Å². The Balaban J connectivity index is 1.66. The molecule has 1 aliphatic carbocycles. The van der Waals surface area contributed by atoms with Gasteiger partial charge in [-0.15, -0.1) is 6.42 Å². The second-order valence-electron chi connectivity index (χ2n) is 7.64. The summed E-state index contributed by atoms with van der Waals surface area (Å²) in [6, 6.07) is 8.45. The van der Waals surface area contributed by atoms with Crippen molar-refractivity contribution in [2.45, 2.75) is 46.1 Å². The van der Waals surface area contributed by atoms with Gasteiger partial charge in [-0.2, -0.15) is 0 Å². The molecule has 126 valence electrons. The van der Waals surface area contributed by atoms with E-state index in [2.05, 4.69) is 67.2 Å². The summed E-state index contributed by atoms with van der Waals surface area (Å²) in [5, 5.41) is 0. The van der Waals surface area contributed by atoms with Crippen LogP contribution < -0.4 is 0 Å². The van der Waals surface area contributed by atoms with Crippen molar-refractivity contribution >= 4 is 0 Å². The summed E-state index contributed by atoms with van der Waals surface area (Å²) < 4.78 is 0. The maximum absolute atomic E-state index is 5.45. The van der Waals surface area contributed by atoms with E-state index in [1.54, 1.807) is 5.57 Å². The van der Waals surface area contributed by atoms with Crippen molar-refractivity contribution in [3.63, 3.8) is 0 Å². The Kier molecular flexibility index (Phi) is 5.27. The molecule has 3 rings (SSSR count). The number of hydrogen-bond acceptors (Lipinski definition) is 1. The van der Waals surface area contributed by atoms with Crippen LogP contribution in [0.15, 0.2) is 48.1 Å². The van der Waals surface area contributed by atoms with Gasteiger partial charge in [-0.25, -0.2) is 0 Å². The first-order valence-corrected chi connectivity index (χ1v) is 9.30. The second-order valence-corrected chi connectivity index (χ2v) is 7.64. The molecule has 2 aliphatic rings. The molecule has 2 atom stereocenters. The topological polar surface area (TPSA) is 3.24 Å². The molecule has 0 bridgehead atoms. The van der Waals surface area contributed by atoms with Crippen LogP contribution in [0.4, 0.5) is 0 Å². The Hall–Kier alpha value is -1.78. The zero-order chi connectivity index (χ0) is 17.0. The first-order valence-electron chi connectivity index (χ1n) is 9.30. The van der Waals surface area contributed by atoms with Crippen molar-refractivity contribution in [1.82, 2.24) is 4.90 Å². The molecule has 24 heavy (non-hydrogen) atoms. The molecular weight excluding hydrogens is 290 g/mol. The van der Waals surface area contributed by atoms with E-state index in [4.69, 9.17) is 6.42 Å². The number of rotatable bonds is 4. The van der Waals surface area contributed by atoms with E-state index in [0.29, 0.717) is 5.41 Å². The fourth-order valence-electron chi connectivity index (χ4n) is 4.09. The molecule has 1 nitrogen and oxygen atoms in total. The zero-order valence-corrected chi connectivity index (χ0v) is 15.1. The summed E-state index contributed by atoms with van der Waals surface area (Å²) in [5.74, 6) is 3.44. The summed E-state index contributed by atoms with van der Waals surface area (Å²) in [7, 11) is 0. The molecule has 0 N–H and O–H groups in total. The molecule has 0 spiro atoms. The van der Waals surface area contributed by atoms with Gasteiger partial charge >= 0.3 is 0 Å². The summed E-state index contributed by atoms with van der Waals surface area (Å²) in [4.78, 5) is 2.61. The van der Waals surface area contributed by atoms with Crippen molar-refractivity contribution in [3.8, 4) is 12.3 Å².